The molecule has 2 nitrogen and oxygen atoms in total. The molecule has 0 aliphatic carbocycles. The molecule has 0 saturated carbocycles. The number of unbranched alkanes of at least 4 members (excludes halogenated alkanes) is 17. The summed E-state index contributed by atoms with van der Waals surface area (Å²) in [5.74, 6) is -0.655. The minimum Gasteiger partial charge on any atom is -0.481 e. The third-order valence-corrected chi connectivity index (χ3v) is 5.15. The average Bonchev–Trinajstić information content (AvgIpc) is 2.62. The smallest absolute Gasteiger partial charge is 0.303 e. The molecule has 0 amide bonds. The van der Waals surface area contributed by atoms with E-state index in [1.54, 1.807) is 0 Å². The van der Waals surface area contributed by atoms with Crippen molar-refractivity contribution in [2.24, 2.45) is 0 Å². The molecule has 0 aliphatic rings. The van der Waals surface area contributed by atoms with Crippen LogP contribution in [0.2, 0.25) is 0 Å². The molecule has 0 spiro atoms. The minimum absolute atomic E-state index is 0.341. The molecule has 0 aromatic rings. The number of aliphatic carboxylic acids is 1. The molecule has 26 heavy (non-hydrogen) atoms. The van der Waals surface area contributed by atoms with Gasteiger partial charge in [-0.15, -0.1) is 0 Å². The van der Waals surface area contributed by atoms with Crippen LogP contribution in [0, 0.1) is 0 Å². The summed E-state index contributed by atoms with van der Waals surface area (Å²) in [4.78, 5) is 10.4. The van der Waals surface area contributed by atoms with Gasteiger partial charge < -0.3 is 5.11 Å². The van der Waals surface area contributed by atoms with Crippen LogP contribution in [-0.2, 0) is 4.79 Å². The van der Waals surface area contributed by atoms with Gasteiger partial charge in [0.25, 0.3) is 0 Å². The molecule has 0 saturated heterocycles. The van der Waals surface area contributed by atoms with Crippen molar-refractivity contribution in [1.82, 2.24) is 0 Å². The Morgan fingerprint density at radius 1 is 0.577 bits per heavy atom. The van der Waals surface area contributed by atoms with E-state index in [4.69, 9.17) is 5.11 Å². The van der Waals surface area contributed by atoms with E-state index < -0.39 is 5.97 Å². The Bertz CT molecular complexity index is 309. The Morgan fingerprint density at radius 3 is 1.31 bits per heavy atom. The van der Waals surface area contributed by atoms with Crippen LogP contribution in [0.15, 0.2) is 12.2 Å². The summed E-state index contributed by atoms with van der Waals surface area (Å²) >= 11 is 0. The molecule has 154 valence electrons. The van der Waals surface area contributed by atoms with Crippen LogP contribution in [-0.4, -0.2) is 11.1 Å². The second kappa shape index (κ2) is 22.3. The first-order chi connectivity index (χ1) is 12.8. The highest BCUT2D eigenvalue weighted by atomic mass is 16.4. The minimum atomic E-state index is -0.655. The summed E-state index contributed by atoms with van der Waals surface area (Å²) in [5, 5.41) is 8.57. The Labute approximate surface area is 163 Å². The van der Waals surface area contributed by atoms with Gasteiger partial charge in [-0.25, -0.2) is 0 Å². The SMILES string of the molecule is CCCCCCCCC/C=C\CCCCCCCCCCCCC(=O)O. The van der Waals surface area contributed by atoms with Crippen LogP contribution in [0.4, 0.5) is 0 Å². The van der Waals surface area contributed by atoms with Crippen LogP contribution < -0.4 is 0 Å². The molecular formula is C24H46O2. The van der Waals surface area contributed by atoms with Crippen molar-refractivity contribution >= 4 is 5.97 Å². The Hall–Kier alpha value is -0.790. The van der Waals surface area contributed by atoms with Crippen molar-refractivity contribution < 1.29 is 9.90 Å². The molecule has 1 N–H and O–H groups in total. The molecule has 0 aromatic heterocycles. The molecule has 0 radical (unpaired) electrons. The van der Waals surface area contributed by atoms with Crippen molar-refractivity contribution in [2.75, 3.05) is 0 Å². The highest BCUT2D eigenvalue weighted by Crippen LogP contribution is 2.13. The fourth-order valence-corrected chi connectivity index (χ4v) is 3.41. The highest BCUT2D eigenvalue weighted by molar-refractivity contribution is 5.66. The normalized spacial score (nSPS) is 11.4. The molecule has 0 bridgehead atoms. The standard InChI is InChI=1S/C24H46O2/c1-2-3-4-5-6-7-8-9-10-11-12-13-14-15-16-17-18-19-20-21-22-23-24(25)26/h10-11H,2-9,12-23H2,1H3,(H,25,26)/b11-10-. The number of carboxylic acid groups (broad SMARTS) is 1. The van der Waals surface area contributed by atoms with E-state index in [2.05, 4.69) is 19.1 Å². The summed E-state index contributed by atoms with van der Waals surface area (Å²) in [6.07, 6.45) is 30.1. The van der Waals surface area contributed by atoms with Gasteiger partial charge in [-0.3, -0.25) is 4.79 Å². The van der Waals surface area contributed by atoms with Crippen molar-refractivity contribution in [3.8, 4) is 0 Å². The zero-order chi connectivity index (χ0) is 19.1. The Morgan fingerprint density at radius 2 is 0.923 bits per heavy atom. The van der Waals surface area contributed by atoms with Gasteiger partial charge in [0, 0.05) is 6.42 Å². The molecule has 0 aromatic carbocycles. The van der Waals surface area contributed by atoms with Gasteiger partial charge in [-0.2, -0.15) is 0 Å². The number of carbonyl (C=O) groups is 1. The monoisotopic (exact) mass is 366 g/mol. The molecule has 2 heteroatoms. The summed E-state index contributed by atoms with van der Waals surface area (Å²) in [6, 6.07) is 0. The first-order valence-corrected chi connectivity index (χ1v) is 11.6. The van der Waals surface area contributed by atoms with Gasteiger partial charge in [0.2, 0.25) is 0 Å². The first-order valence-electron chi connectivity index (χ1n) is 11.6. The summed E-state index contributed by atoms with van der Waals surface area (Å²) in [5.41, 5.74) is 0. The lowest BCUT2D eigenvalue weighted by atomic mass is 10.0. The lowest BCUT2D eigenvalue weighted by molar-refractivity contribution is -0.137. The third kappa shape index (κ3) is 23.2. The van der Waals surface area contributed by atoms with E-state index in [9.17, 15) is 4.79 Å². The number of hydrogen-bond donors (Lipinski definition) is 1. The quantitative estimate of drug-likeness (QED) is 0.163. The van der Waals surface area contributed by atoms with Crippen LogP contribution in [0.25, 0.3) is 0 Å². The predicted octanol–water partition coefficient (Wildman–Crippen LogP) is 8.45. The highest BCUT2D eigenvalue weighted by Gasteiger charge is 1.96. The topological polar surface area (TPSA) is 37.3 Å². The summed E-state index contributed by atoms with van der Waals surface area (Å²) in [6.45, 7) is 2.28. The molecule has 0 fully saturated rings. The lowest BCUT2D eigenvalue weighted by Gasteiger charge is -2.02. The maximum atomic E-state index is 10.4. The molecule has 0 unspecified atom stereocenters. The lowest BCUT2D eigenvalue weighted by Crippen LogP contribution is -1.93. The fraction of sp³-hybridized carbons (Fsp3) is 0.875. The van der Waals surface area contributed by atoms with E-state index in [-0.39, 0.29) is 0 Å². The van der Waals surface area contributed by atoms with Gasteiger partial charge in [-0.05, 0) is 32.1 Å². The zero-order valence-corrected chi connectivity index (χ0v) is 17.7. The Kier molecular flexibility index (Phi) is 21.6. The van der Waals surface area contributed by atoms with Gasteiger partial charge in [-0.1, -0.05) is 109 Å². The van der Waals surface area contributed by atoms with E-state index in [1.165, 1.54) is 109 Å². The van der Waals surface area contributed by atoms with Crippen LogP contribution in [0.5, 0.6) is 0 Å². The number of allylic oxidation sites excluding steroid dienone is 2. The Balaban J connectivity index is 3.07. The van der Waals surface area contributed by atoms with Crippen molar-refractivity contribution in [3.05, 3.63) is 12.2 Å². The van der Waals surface area contributed by atoms with Crippen LogP contribution in [0.3, 0.4) is 0 Å². The van der Waals surface area contributed by atoms with Crippen LogP contribution >= 0.6 is 0 Å². The third-order valence-electron chi connectivity index (χ3n) is 5.15. The molecule has 0 atom stereocenters. The predicted molar refractivity (Wildman–Crippen MR) is 115 cm³/mol. The van der Waals surface area contributed by atoms with Gasteiger partial charge in [0.15, 0.2) is 0 Å². The van der Waals surface area contributed by atoms with Crippen molar-refractivity contribution in [3.63, 3.8) is 0 Å². The number of hydrogen-bond acceptors (Lipinski definition) is 1. The van der Waals surface area contributed by atoms with E-state index in [0.717, 1.165) is 12.8 Å². The maximum absolute atomic E-state index is 10.4. The number of carboxylic acids is 1. The molecule has 0 aliphatic heterocycles. The maximum Gasteiger partial charge on any atom is 0.303 e. The molecule has 0 rings (SSSR count). The average molecular weight is 367 g/mol. The second-order valence-corrected chi connectivity index (χ2v) is 7.85. The zero-order valence-electron chi connectivity index (χ0n) is 17.7. The fourth-order valence-electron chi connectivity index (χ4n) is 3.41. The van der Waals surface area contributed by atoms with Crippen LogP contribution in [0.1, 0.15) is 135 Å². The van der Waals surface area contributed by atoms with Gasteiger partial charge in [0.05, 0.1) is 0 Å². The first kappa shape index (κ1) is 25.2. The second-order valence-electron chi connectivity index (χ2n) is 7.85. The van der Waals surface area contributed by atoms with E-state index in [1.807, 2.05) is 0 Å². The molecular weight excluding hydrogens is 320 g/mol. The summed E-state index contributed by atoms with van der Waals surface area (Å²) < 4.78 is 0. The van der Waals surface area contributed by atoms with Gasteiger partial charge >= 0.3 is 5.97 Å². The summed E-state index contributed by atoms with van der Waals surface area (Å²) in [7, 11) is 0. The van der Waals surface area contributed by atoms with E-state index >= 15 is 0 Å². The van der Waals surface area contributed by atoms with Crippen molar-refractivity contribution in [1.29, 1.82) is 0 Å². The molecule has 0 heterocycles. The largest absolute Gasteiger partial charge is 0.481 e. The van der Waals surface area contributed by atoms with Gasteiger partial charge in [0.1, 0.15) is 0 Å². The van der Waals surface area contributed by atoms with Crippen molar-refractivity contribution in [2.45, 2.75) is 135 Å². The number of rotatable bonds is 21. The van der Waals surface area contributed by atoms with E-state index in [0.29, 0.717) is 6.42 Å².